The third-order valence-electron chi connectivity index (χ3n) is 2.12. The summed E-state index contributed by atoms with van der Waals surface area (Å²) in [5.41, 5.74) is 0. The van der Waals surface area contributed by atoms with Gasteiger partial charge in [0.15, 0.2) is 0 Å². The second kappa shape index (κ2) is 3.22. The van der Waals surface area contributed by atoms with Crippen LogP contribution in [0.25, 0.3) is 0 Å². The lowest BCUT2D eigenvalue weighted by atomic mass is 10.1. The highest BCUT2D eigenvalue weighted by molar-refractivity contribution is 5.79. The van der Waals surface area contributed by atoms with E-state index < -0.39 is 0 Å². The molecule has 4 nitrogen and oxygen atoms in total. The first-order valence-corrected chi connectivity index (χ1v) is 4.24. The Hall–Kier alpha value is -1.29. The van der Waals surface area contributed by atoms with Gasteiger partial charge >= 0.3 is 0 Å². The van der Waals surface area contributed by atoms with Gasteiger partial charge in [-0.3, -0.25) is 4.79 Å². The third kappa shape index (κ3) is 1.72. The third-order valence-corrected chi connectivity index (χ3v) is 2.12. The number of β-amino-alcohol motifs (C(OH)–C–C–N with tert-alkyl or cyclic N) is 1. The molecule has 0 radical (unpaired) electrons. The molecular formula is C9H11NO3. The van der Waals surface area contributed by atoms with Crippen molar-refractivity contribution in [3.63, 3.8) is 0 Å². The van der Waals surface area contributed by atoms with Crippen LogP contribution in [0.5, 0.6) is 0 Å². The standard InChI is InChI=1S/C9H11NO3/c11-7-5-10(6-7)9(12)4-8-2-1-3-13-8/h1-3,7,11H,4-6H2. The van der Waals surface area contributed by atoms with Crippen molar-refractivity contribution in [2.75, 3.05) is 13.1 Å². The number of hydrogen-bond acceptors (Lipinski definition) is 3. The molecule has 1 fully saturated rings. The zero-order chi connectivity index (χ0) is 9.26. The van der Waals surface area contributed by atoms with Crippen LogP contribution in [0.1, 0.15) is 5.76 Å². The van der Waals surface area contributed by atoms with E-state index in [2.05, 4.69) is 0 Å². The Bertz CT molecular complexity index is 288. The molecular weight excluding hydrogens is 170 g/mol. The first-order chi connectivity index (χ1) is 6.25. The van der Waals surface area contributed by atoms with Gasteiger partial charge in [0.25, 0.3) is 0 Å². The van der Waals surface area contributed by atoms with E-state index in [0.717, 1.165) is 0 Å². The van der Waals surface area contributed by atoms with Gasteiger partial charge in [0.2, 0.25) is 5.91 Å². The van der Waals surface area contributed by atoms with Gasteiger partial charge in [-0.25, -0.2) is 0 Å². The molecule has 0 atom stereocenters. The molecule has 0 aliphatic carbocycles. The quantitative estimate of drug-likeness (QED) is 0.700. The molecule has 2 heterocycles. The zero-order valence-corrected chi connectivity index (χ0v) is 7.14. The number of carbonyl (C=O) groups excluding carboxylic acids is 1. The number of rotatable bonds is 2. The molecule has 0 spiro atoms. The summed E-state index contributed by atoms with van der Waals surface area (Å²) in [6.07, 6.45) is 1.51. The topological polar surface area (TPSA) is 53.7 Å². The first kappa shape index (κ1) is 8.31. The van der Waals surface area contributed by atoms with Crippen molar-refractivity contribution < 1.29 is 14.3 Å². The van der Waals surface area contributed by atoms with Crippen LogP contribution in [-0.4, -0.2) is 35.1 Å². The summed E-state index contributed by atoms with van der Waals surface area (Å²) in [6, 6.07) is 3.53. The minimum atomic E-state index is -0.333. The normalized spacial score (nSPS) is 17.2. The molecule has 1 aromatic heterocycles. The van der Waals surface area contributed by atoms with E-state index in [1.807, 2.05) is 0 Å². The van der Waals surface area contributed by atoms with Crippen LogP contribution in [0.2, 0.25) is 0 Å². The minimum Gasteiger partial charge on any atom is -0.469 e. The van der Waals surface area contributed by atoms with E-state index in [0.29, 0.717) is 25.3 Å². The lowest BCUT2D eigenvalue weighted by Crippen LogP contribution is -2.53. The van der Waals surface area contributed by atoms with Crippen molar-refractivity contribution in [1.29, 1.82) is 0 Å². The van der Waals surface area contributed by atoms with Crippen molar-refractivity contribution in [2.45, 2.75) is 12.5 Å². The van der Waals surface area contributed by atoms with Crippen LogP contribution >= 0.6 is 0 Å². The fraction of sp³-hybridized carbons (Fsp3) is 0.444. The van der Waals surface area contributed by atoms with Crippen molar-refractivity contribution in [3.8, 4) is 0 Å². The van der Waals surface area contributed by atoms with Crippen LogP contribution in [-0.2, 0) is 11.2 Å². The summed E-state index contributed by atoms with van der Waals surface area (Å²) < 4.78 is 5.04. The van der Waals surface area contributed by atoms with E-state index >= 15 is 0 Å². The second-order valence-corrected chi connectivity index (χ2v) is 3.21. The molecule has 1 aromatic rings. The fourth-order valence-electron chi connectivity index (χ4n) is 1.33. The number of hydrogen-bond donors (Lipinski definition) is 1. The van der Waals surface area contributed by atoms with E-state index in [1.54, 1.807) is 23.3 Å². The van der Waals surface area contributed by atoms with Gasteiger partial charge in [0.05, 0.1) is 18.8 Å². The van der Waals surface area contributed by atoms with Gasteiger partial charge in [-0.15, -0.1) is 0 Å². The Balaban J connectivity index is 1.86. The summed E-state index contributed by atoms with van der Waals surface area (Å²) >= 11 is 0. The van der Waals surface area contributed by atoms with E-state index in [9.17, 15) is 4.79 Å². The number of nitrogens with zero attached hydrogens (tertiary/aromatic N) is 1. The predicted molar refractivity (Wildman–Crippen MR) is 45.0 cm³/mol. The first-order valence-electron chi connectivity index (χ1n) is 4.24. The maximum Gasteiger partial charge on any atom is 0.230 e. The molecule has 0 aromatic carbocycles. The molecule has 0 bridgehead atoms. The molecule has 13 heavy (non-hydrogen) atoms. The number of amides is 1. The van der Waals surface area contributed by atoms with Crippen LogP contribution in [0.3, 0.4) is 0 Å². The van der Waals surface area contributed by atoms with Crippen LogP contribution in [0, 0.1) is 0 Å². The largest absolute Gasteiger partial charge is 0.469 e. The smallest absolute Gasteiger partial charge is 0.230 e. The maximum atomic E-state index is 11.4. The number of carbonyl (C=O) groups is 1. The number of likely N-dealkylation sites (tertiary alicyclic amines) is 1. The average Bonchev–Trinajstić information content (AvgIpc) is 2.51. The molecule has 1 amide bonds. The van der Waals surface area contributed by atoms with Gasteiger partial charge in [-0.2, -0.15) is 0 Å². The van der Waals surface area contributed by atoms with Gasteiger partial charge in [-0.1, -0.05) is 0 Å². The van der Waals surface area contributed by atoms with Gasteiger partial charge in [0.1, 0.15) is 5.76 Å². The van der Waals surface area contributed by atoms with Gasteiger partial charge in [-0.05, 0) is 12.1 Å². The van der Waals surface area contributed by atoms with Crippen molar-refractivity contribution in [2.24, 2.45) is 0 Å². The Labute approximate surface area is 75.8 Å². The fourth-order valence-corrected chi connectivity index (χ4v) is 1.33. The zero-order valence-electron chi connectivity index (χ0n) is 7.14. The molecule has 1 aliphatic heterocycles. The van der Waals surface area contributed by atoms with E-state index in [-0.39, 0.29) is 12.0 Å². The lowest BCUT2D eigenvalue weighted by molar-refractivity contribution is -0.140. The van der Waals surface area contributed by atoms with E-state index in [1.165, 1.54) is 0 Å². The van der Waals surface area contributed by atoms with Crippen LogP contribution < -0.4 is 0 Å². The minimum absolute atomic E-state index is 0.0141. The molecule has 4 heteroatoms. The molecule has 0 saturated carbocycles. The highest BCUT2D eigenvalue weighted by Crippen LogP contribution is 2.10. The Morgan fingerprint density at radius 2 is 2.46 bits per heavy atom. The van der Waals surface area contributed by atoms with E-state index in [4.69, 9.17) is 9.52 Å². The molecule has 1 saturated heterocycles. The lowest BCUT2D eigenvalue weighted by Gasteiger charge is -2.35. The van der Waals surface area contributed by atoms with Crippen LogP contribution in [0.4, 0.5) is 0 Å². The molecule has 1 N–H and O–H groups in total. The van der Waals surface area contributed by atoms with Crippen molar-refractivity contribution in [1.82, 2.24) is 4.90 Å². The molecule has 1 aliphatic rings. The molecule has 2 rings (SSSR count). The summed E-state index contributed by atoms with van der Waals surface area (Å²) in [5.74, 6) is 0.687. The van der Waals surface area contributed by atoms with Gasteiger partial charge in [0, 0.05) is 13.1 Å². The molecule has 0 unspecified atom stereocenters. The van der Waals surface area contributed by atoms with Crippen molar-refractivity contribution >= 4 is 5.91 Å². The molecule has 70 valence electrons. The summed E-state index contributed by atoms with van der Waals surface area (Å²) in [4.78, 5) is 13.0. The van der Waals surface area contributed by atoms with Crippen LogP contribution in [0.15, 0.2) is 22.8 Å². The summed E-state index contributed by atoms with van der Waals surface area (Å²) in [6.45, 7) is 0.916. The Kier molecular flexibility index (Phi) is 2.06. The number of furan rings is 1. The highest BCUT2D eigenvalue weighted by Gasteiger charge is 2.28. The maximum absolute atomic E-state index is 11.4. The predicted octanol–water partition coefficient (Wildman–Crippen LogP) is 0.0252. The summed E-state index contributed by atoms with van der Waals surface area (Å²) in [7, 11) is 0. The number of aliphatic hydroxyl groups is 1. The monoisotopic (exact) mass is 181 g/mol. The second-order valence-electron chi connectivity index (χ2n) is 3.21. The number of aliphatic hydroxyl groups excluding tert-OH is 1. The van der Waals surface area contributed by atoms with Crippen molar-refractivity contribution in [3.05, 3.63) is 24.2 Å². The average molecular weight is 181 g/mol. The SMILES string of the molecule is O=C(Cc1ccco1)N1CC(O)C1. The highest BCUT2D eigenvalue weighted by atomic mass is 16.3. The Morgan fingerprint density at radius 3 is 3.00 bits per heavy atom. The Morgan fingerprint density at radius 1 is 1.69 bits per heavy atom. The summed E-state index contributed by atoms with van der Waals surface area (Å²) in [5, 5.41) is 8.98. The van der Waals surface area contributed by atoms with Gasteiger partial charge < -0.3 is 14.4 Å².